The highest BCUT2D eigenvalue weighted by molar-refractivity contribution is 5.87. The van der Waals surface area contributed by atoms with Crippen LogP contribution in [0, 0.1) is 18.8 Å². The van der Waals surface area contributed by atoms with Gasteiger partial charge in [0.2, 0.25) is 5.95 Å². The SMILES string of the molecule is COC(=O)c1cc(C)nc(N2C[C@H]3C[C@@H](n4ccnc4)[C@H](O)C[C@H]3C2)n1.O=CO. The van der Waals surface area contributed by atoms with Gasteiger partial charge in [0.05, 0.1) is 25.6 Å². The molecule has 1 saturated heterocycles. The summed E-state index contributed by atoms with van der Waals surface area (Å²) in [6.45, 7) is 3.22. The first kappa shape index (κ1) is 20.7. The van der Waals surface area contributed by atoms with E-state index < -0.39 is 5.97 Å². The minimum atomic E-state index is -0.455. The van der Waals surface area contributed by atoms with Gasteiger partial charge >= 0.3 is 5.97 Å². The van der Waals surface area contributed by atoms with Gasteiger partial charge in [-0.05, 0) is 37.7 Å². The molecule has 0 radical (unpaired) electrons. The van der Waals surface area contributed by atoms with E-state index in [9.17, 15) is 9.90 Å². The van der Waals surface area contributed by atoms with E-state index >= 15 is 0 Å². The standard InChI is InChI=1S/C18H23N5O3.CH2O2/c1-11-5-14(17(25)26-2)21-18(20-11)23-8-12-6-15(22-4-3-19-10-22)16(24)7-13(12)9-23;2-1-3/h3-5,10,12-13,15-16,24H,6-9H2,1-2H3;1H,(H,2,3)/t12-,13+,15-,16-;/m1./s1. The monoisotopic (exact) mass is 403 g/mol. The van der Waals surface area contributed by atoms with Crippen LogP contribution in [0.2, 0.25) is 0 Å². The molecule has 0 bridgehead atoms. The van der Waals surface area contributed by atoms with Gasteiger partial charge in [-0.3, -0.25) is 4.79 Å². The number of aryl methyl sites for hydroxylation is 1. The largest absolute Gasteiger partial charge is 0.483 e. The molecule has 10 nitrogen and oxygen atoms in total. The highest BCUT2D eigenvalue weighted by Crippen LogP contribution is 2.42. The molecule has 3 heterocycles. The van der Waals surface area contributed by atoms with Crippen LogP contribution in [0.5, 0.6) is 0 Å². The van der Waals surface area contributed by atoms with E-state index in [4.69, 9.17) is 14.6 Å². The fraction of sp³-hybridized carbons (Fsp3) is 0.526. The van der Waals surface area contributed by atoms with Crippen molar-refractivity contribution in [2.75, 3.05) is 25.1 Å². The van der Waals surface area contributed by atoms with Gasteiger partial charge in [-0.1, -0.05) is 0 Å². The fourth-order valence-corrected chi connectivity index (χ4v) is 4.26. The molecule has 4 rings (SSSR count). The number of imidazole rings is 1. The zero-order valence-corrected chi connectivity index (χ0v) is 16.4. The Morgan fingerprint density at radius 2 is 1.97 bits per heavy atom. The Morgan fingerprint density at radius 1 is 1.28 bits per heavy atom. The highest BCUT2D eigenvalue weighted by atomic mass is 16.5. The summed E-state index contributed by atoms with van der Waals surface area (Å²) >= 11 is 0. The van der Waals surface area contributed by atoms with Gasteiger partial charge in [-0.25, -0.2) is 19.7 Å². The second-order valence-electron chi connectivity index (χ2n) is 7.33. The number of nitrogens with zero attached hydrogens (tertiary/aromatic N) is 5. The number of aromatic nitrogens is 4. The number of aliphatic hydroxyl groups excluding tert-OH is 1. The first-order valence-corrected chi connectivity index (χ1v) is 9.39. The number of esters is 1. The summed E-state index contributed by atoms with van der Waals surface area (Å²) in [7, 11) is 1.35. The van der Waals surface area contributed by atoms with Crippen LogP contribution in [0.15, 0.2) is 24.8 Å². The Balaban J connectivity index is 0.000000755. The van der Waals surface area contributed by atoms with Gasteiger partial charge in [-0.2, -0.15) is 0 Å². The van der Waals surface area contributed by atoms with Gasteiger partial charge in [0, 0.05) is 31.2 Å². The number of aliphatic hydroxyl groups is 1. The predicted molar refractivity (Wildman–Crippen MR) is 102 cm³/mol. The molecule has 0 unspecified atom stereocenters. The molecule has 156 valence electrons. The van der Waals surface area contributed by atoms with Gasteiger partial charge in [0.25, 0.3) is 6.47 Å². The van der Waals surface area contributed by atoms with Crippen molar-refractivity contribution in [1.29, 1.82) is 0 Å². The maximum Gasteiger partial charge on any atom is 0.356 e. The number of hydrogen-bond acceptors (Lipinski definition) is 8. The van der Waals surface area contributed by atoms with E-state index in [1.165, 1.54) is 7.11 Å². The van der Waals surface area contributed by atoms with Crippen LogP contribution in [-0.4, -0.2) is 68.5 Å². The second-order valence-corrected chi connectivity index (χ2v) is 7.33. The average Bonchev–Trinajstić information content (AvgIpc) is 3.36. The lowest BCUT2D eigenvalue weighted by Crippen LogP contribution is -2.35. The Hall–Kier alpha value is -3.01. The Kier molecular flexibility index (Phi) is 6.42. The van der Waals surface area contributed by atoms with Crippen molar-refractivity contribution < 1.29 is 24.5 Å². The summed E-state index contributed by atoms with van der Waals surface area (Å²) in [5, 5.41) is 17.5. The molecular weight excluding hydrogens is 378 g/mol. The van der Waals surface area contributed by atoms with Gasteiger partial charge in [0.1, 0.15) is 0 Å². The molecule has 4 atom stereocenters. The molecule has 1 saturated carbocycles. The molecule has 2 aromatic rings. The van der Waals surface area contributed by atoms with E-state index in [-0.39, 0.29) is 24.3 Å². The van der Waals surface area contributed by atoms with Crippen LogP contribution in [0.3, 0.4) is 0 Å². The van der Waals surface area contributed by atoms with Gasteiger partial charge in [0.15, 0.2) is 5.69 Å². The smallest absolute Gasteiger partial charge is 0.356 e. The van der Waals surface area contributed by atoms with E-state index in [0.717, 1.165) is 31.6 Å². The number of anilines is 1. The number of carbonyl (C=O) groups excluding carboxylic acids is 1. The van der Waals surface area contributed by atoms with Gasteiger partial charge < -0.3 is 24.4 Å². The number of carbonyl (C=O) groups is 2. The van der Waals surface area contributed by atoms with E-state index in [1.807, 2.05) is 17.7 Å². The lowest BCUT2D eigenvalue weighted by molar-refractivity contribution is -0.122. The Bertz CT molecular complexity index is 844. The van der Waals surface area contributed by atoms with Crippen molar-refractivity contribution in [3.63, 3.8) is 0 Å². The van der Waals surface area contributed by atoms with E-state index in [2.05, 4.69) is 19.9 Å². The first-order valence-electron chi connectivity index (χ1n) is 9.39. The quantitative estimate of drug-likeness (QED) is 0.567. The summed E-state index contributed by atoms with van der Waals surface area (Å²) in [6.07, 6.45) is 6.69. The van der Waals surface area contributed by atoms with Crippen LogP contribution in [0.1, 0.15) is 35.1 Å². The number of carboxylic acid groups (broad SMARTS) is 1. The van der Waals surface area contributed by atoms with Crippen LogP contribution in [0.4, 0.5) is 5.95 Å². The number of methoxy groups -OCH3 is 1. The molecule has 29 heavy (non-hydrogen) atoms. The molecule has 2 fully saturated rings. The van der Waals surface area contributed by atoms with Crippen molar-refractivity contribution in [2.24, 2.45) is 11.8 Å². The molecule has 1 aliphatic heterocycles. The summed E-state index contributed by atoms with van der Waals surface area (Å²) in [4.78, 5) is 35.3. The minimum absolute atomic E-state index is 0.0581. The van der Waals surface area contributed by atoms with Gasteiger partial charge in [-0.15, -0.1) is 0 Å². The predicted octanol–water partition coefficient (Wildman–Crippen LogP) is 0.917. The Morgan fingerprint density at radius 3 is 2.59 bits per heavy atom. The highest BCUT2D eigenvalue weighted by Gasteiger charge is 2.43. The third-order valence-corrected chi connectivity index (χ3v) is 5.54. The third-order valence-electron chi connectivity index (χ3n) is 5.54. The van der Waals surface area contributed by atoms with E-state index in [0.29, 0.717) is 17.8 Å². The van der Waals surface area contributed by atoms with Crippen LogP contribution < -0.4 is 4.90 Å². The molecule has 0 amide bonds. The molecule has 0 aromatic carbocycles. The lowest BCUT2D eigenvalue weighted by Gasteiger charge is -2.35. The van der Waals surface area contributed by atoms with E-state index in [1.54, 1.807) is 18.6 Å². The molecule has 2 aliphatic rings. The fourth-order valence-electron chi connectivity index (χ4n) is 4.26. The number of hydrogen-bond donors (Lipinski definition) is 2. The maximum absolute atomic E-state index is 11.8. The van der Waals surface area contributed by atoms with Crippen molar-refractivity contribution in [1.82, 2.24) is 19.5 Å². The second kappa shape index (κ2) is 8.99. The van der Waals surface area contributed by atoms with Crippen molar-refractivity contribution >= 4 is 18.4 Å². The topological polar surface area (TPSA) is 131 Å². The van der Waals surface area contributed by atoms with Crippen molar-refractivity contribution in [3.05, 3.63) is 36.2 Å². The zero-order chi connectivity index (χ0) is 21.0. The normalized spacial score (nSPS) is 25.6. The molecule has 2 aromatic heterocycles. The number of rotatable bonds is 3. The third kappa shape index (κ3) is 4.53. The first-order chi connectivity index (χ1) is 14.0. The summed E-state index contributed by atoms with van der Waals surface area (Å²) in [5.41, 5.74) is 1.02. The Labute approximate surface area is 168 Å². The molecule has 2 N–H and O–H groups in total. The number of fused-ring (bicyclic) bond motifs is 1. The number of ether oxygens (including phenoxy) is 1. The van der Waals surface area contributed by atoms with Crippen molar-refractivity contribution in [2.45, 2.75) is 31.9 Å². The van der Waals surface area contributed by atoms with Crippen LogP contribution in [0.25, 0.3) is 0 Å². The van der Waals surface area contributed by atoms with Crippen molar-refractivity contribution in [3.8, 4) is 0 Å². The zero-order valence-electron chi connectivity index (χ0n) is 16.4. The minimum Gasteiger partial charge on any atom is -0.483 e. The summed E-state index contributed by atoms with van der Waals surface area (Å²) in [6, 6.07) is 1.69. The molecular formula is C19H25N5O5. The lowest BCUT2D eigenvalue weighted by atomic mass is 9.77. The summed E-state index contributed by atoms with van der Waals surface area (Å²) in [5.74, 6) is 0.962. The van der Waals surface area contributed by atoms with Crippen LogP contribution >= 0.6 is 0 Å². The molecule has 0 spiro atoms. The summed E-state index contributed by atoms with van der Waals surface area (Å²) < 4.78 is 6.79. The molecule has 1 aliphatic carbocycles. The van der Waals surface area contributed by atoms with Crippen LogP contribution in [-0.2, 0) is 9.53 Å². The molecule has 10 heteroatoms. The maximum atomic E-state index is 11.8. The average molecular weight is 403 g/mol.